The largest absolute Gasteiger partial charge is 1.00 e. The van der Waals surface area contributed by atoms with Crippen LogP contribution in [0, 0.1) is 12.8 Å². The van der Waals surface area contributed by atoms with Crippen molar-refractivity contribution in [2.24, 2.45) is 5.92 Å². The number of hydrogen-bond donors (Lipinski definition) is 0. The fourth-order valence-electron chi connectivity index (χ4n) is 1.53. The molecule has 1 rings (SSSR count). The third-order valence-corrected chi connectivity index (χ3v) is 3.87. The molecule has 1 atom stereocenters. The summed E-state index contributed by atoms with van der Waals surface area (Å²) in [6.07, 6.45) is 7.30. The van der Waals surface area contributed by atoms with E-state index in [0.717, 1.165) is 5.25 Å². The van der Waals surface area contributed by atoms with Crippen molar-refractivity contribution >= 4 is 11.8 Å². The molecule has 0 aromatic heterocycles. The number of hydrogen-bond acceptors (Lipinski definition) is 1. The van der Waals surface area contributed by atoms with Crippen LogP contribution in [0.5, 0.6) is 0 Å². The van der Waals surface area contributed by atoms with Crippen LogP contribution in [0.25, 0.3) is 0 Å². The van der Waals surface area contributed by atoms with Gasteiger partial charge >= 0.3 is 18.9 Å². The Kier molecular flexibility index (Phi) is 7.94. The van der Waals surface area contributed by atoms with E-state index in [1.54, 1.807) is 0 Å². The number of thioether (sulfide) groups is 1. The predicted octanol–water partition coefficient (Wildman–Crippen LogP) is 0.526. The van der Waals surface area contributed by atoms with Gasteiger partial charge in [0.05, 0.1) is 0 Å². The Hall–Kier alpha value is 0.947. The molecule has 0 aromatic rings. The molecule has 0 nitrogen and oxygen atoms in total. The predicted molar refractivity (Wildman–Crippen MR) is 53.9 cm³/mol. The minimum absolute atomic E-state index is 0. The van der Waals surface area contributed by atoms with Gasteiger partial charge in [0.1, 0.15) is 0 Å². The monoisotopic (exact) mass is 178 g/mol. The fraction of sp³-hybridized carbons (Fsp3) is 0.900. The van der Waals surface area contributed by atoms with Crippen molar-refractivity contribution in [2.75, 3.05) is 5.75 Å². The van der Waals surface area contributed by atoms with Gasteiger partial charge in [0.25, 0.3) is 0 Å². The van der Waals surface area contributed by atoms with Crippen LogP contribution in [0.4, 0.5) is 0 Å². The van der Waals surface area contributed by atoms with Crippen molar-refractivity contribution in [3.8, 4) is 0 Å². The van der Waals surface area contributed by atoms with E-state index in [-0.39, 0.29) is 18.9 Å². The van der Waals surface area contributed by atoms with E-state index < -0.39 is 0 Å². The van der Waals surface area contributed by atoms with Gasteiger partial charge in [-0.2, -0.15) is 17.7 Å². The molecule has 12 heavy (non-hydrogen) atoms. The Labute approximate surface area is 93.4 Å². The zero-order chi connectivity index (χ0) is 8.10. The topological polar surface area (TPSA) is 0 Å². The first-order chi connectivity index (χ1) is 5.29. The molecule has 1 aliphatic rings. The summed E-state index contributed by atoms with van der Waals surface area (Å²) in [6, 6.07) is 0. The smallest absolute Gasteiger partial charge is 0.340 e. The molecule has 0 aliphatic heterocycles. The van der Waals surface area contributed by atoms with Crippen molar-refractivity contribution in [2.45, 2.75) is 44.3 Å². The van der Waals surface area contributed by atoms with Gasteiger partial charge in [-0.05, 0) is 18.6 Å². The van der Waals surface area contributed by atoms with Crippen LogP contribution < -0.4 is 18.9 Å². The summed E-state index contributed by atoms with van der Waals surface area (Å²) in [5.41, 5.74) is 0. The van der Waals surface area contributed by atoms with E-state index in [1.807, 2.05) is 0 Å². The average Bonchev–Trinajstić information content (AvgIpc) is 2.03. The van der Waals surface area contributed by atoms with Crippen molar-refractivity contribution < 1.29 is 18.9 Å². The summed E-state index contributed by atoms with van der Waals surface area (Å²) in [5, 5.41) is 0.966. The average molecular weight is 178 g/mol. The molecular weight excluding hydrogens is 159 g/mol. The van der Waals surface area contributed by atoms with Crippen LogP contribution in [0.2, 0.25) is 0 Å². The Bertz CT molecular complexity index is 98.0. The first-order valence-electron chi connectivity index (χ1n) is 4.73. The van der Waals surface area contributed by atoms with Crippen LogP contribution in [0.3, 0.4) is 0 Å². The minimum Gasteiger partial charge on any atom is -0.340 e. The normalized spacial score (nSPS) is 21.5. The molecule has 1 fully saturated rings. The van der Waals surface area contributed by atoms with E-state index in [4.69, 9.17) is 0 Å². The fourth-order valence-corrected chi connectivity index (χ4v) is 2.80. The van der Waals surface area contributed by atoms with Crippen molar-refractivity contribution in [3.63, 3.8) is 0 Å². The summed E-state index contributed by atoms with van der Waals surface area (Å²) in [6.45, 7) is 6.21. The summed E-state index contributed by atoms with van der Waals surface area (Å²) in [7, 11) is 0. The van der Waals surface area contributed by atoms with E-state index >= 15 is 0 Å². The first kappa shape index (κ1) is 12.9. The van der Waals surface area contributed by atoms with Gasteiger partial charge in [-0.3, -0.25) is 0 Å². The molecule has 0 radical (unpaired) electrons. The van der Waals surface area contributed by atoms with E-state index in [1.165, 1.54) is 37.9 Å². The zero-order valence-electron chi connectivity index (χ0n) is 8.51. The molecule has 0 amide bonds. The van der Waals surface area contributed by atoms with E-state index in [0.29, 0.717) is 5.92 Å². The first-order valence-corrected chi connectivity index (χ1v) is 5.78. The SMILES string of the molecule is [CH2-]C(C)CSC1CCCCC1.[Li+]. The van der Waals surface area contributed by atoms with Crippen LogP contribution in [0.15, 0.2) is 0 Å². The molecule has 0 spiro atoms. The molecule has 66 valence electrons. The Morgan fingerprint density at radius 1 is 1.33 bits per heavy atom. The van der Waals surface area contributed by atoms with E-state index in [2.05, 4.69) is 25.6 Å². The van der Waals surface area contributed by atoms with Gasteiger partial charge in [0, 0.05) is 5.25 Å². The summed E-state index contributed by atoms with van der Waals surface area (Å²) in [5.74, 6) is 1.88. The van der Waals surface area contributed by atoms with Crippen LogP contribution in [-0.2, 0) is 0 Å². The molecule has 0 N–H and O–H groups in total. The Balaban J connectivity index is 0.00000121. The van der Waals surface area contributed by atoms with Gasteiger partial charge in [-0.15, -0.1) is 0 Å². The second-order valence-corrected chi connectivity index (χ2v) is 5.03. The van der Waals surface area contributed by atoms with Crippen LogP contribution in [-0.4, -0.2) is 11.0 Å². The molecule has 0 heterocycles. The molecular formula is C10H19LiS. The van der Waals surface area contributed by atoms with Crippen LogP contribution >= 0.6 is 11.8 Å². The molecule has 1 unspecified atom stereocenters. The summed E-state index contributed by atoms with van der Waals surface area (Å²) in [4.78, 5) is 0. The van der Waals surface area contributed by atoms with Crippen LogP contribution in [0.1, 0.15) is 39.0 Å². The third-order valence-electron chi connectivity index (χ3n) is 2.17. The molecule has 0 bridgehead atoms. The van der Waals surface area contributed by atoms with Crippen molar-refractivity contribution in [1.29, 1.82) is 0 Å². The zero-order valence-corrected chi connectivity index (χ0v) is 9.33. The minimum atomic E-state index is 0. The standard InChI is InChI=1S/C10H19S.Li/c1-9(2)8-11-10-6-4-3-5-7-10;/h9-10H,1,3-8H2,2H3;/q-1;+1. The van der Waals surface area contributed by atoms with Gasteiger partial charge in [-0.1, -0.05) is 26.2 Å². The molecule has 2 heteroatoms. The van der Waals surface area contributed by atoms with Gasteiger partial charge in [0.2, 0.25) is 0 Å². The Morgan fingerprint density at radius 2 is 1.92 bits per heavy atom. The maximum Gasteiger partial charge on any atom is 1.00 e. The van der Waals surface area contributed by atoms with Crippen molar-refractivity contribution in [3.05, 3.63) is 6.92 Å². The van der Waals surface area contributed by atoms with Gasteiger partial charge < -0.3 is 6.92 Å². The van der Waals surface area contributed by atoms with Crippen molar-refractivity contribution in [1.82, 2.24) is 0 Å². The molecule has 0 saturated heterocycles. The quantitative estimate of drug-likeness (QED) is 0.449. The van der Waals surface area contributed by atoms with E-state index in [9.17, 15) is 0 Å². The second-order valence-electron chi connectivity index (χ2n) is 3.70. The maximum atomic E-state index is 4.00. The maximum absolute atomic E-state index is 4.00. The molecule has 1 aliphatic carbocycles. The third kappa shape index (κ3) is 5.57. The number of rotatable bonds is 3. The Morgan fingerprint density at radius 3 is 2.42 bits per heavy atom. The second kappa shape index (κ2) is 7.36. The van der Waals surface area contributed by atoms with Gasteiger partial charge in [-0.25, -0.2) is 0 Å². The summed E-state index contributed by atoms with van der Waals surface area (Å²) >= 11 is 2.14. The van der Waals surface area contributed by atoms with Gasteiger partial charge in [0.15, 0.2) is 0 Å². The molecule has 1 saturated carbocycles. The summed E-state index contributed by atoms with van der Waals surface area (Å²) < 4.78 is 0. The molecule has 0 aromatic carbocycles.